The van der Waals surface area contributed by atoms with Crippen molar-refractivity contribution < 1.29 is 23.1 Å². The van der Waals surface area contributed by atoms with Crippen molar-refractivity contribution in [3.8, 4) is 0 Å². The molecule has 2 aromatic rings. The first-order valence-electron chi connectivity index (χ1n) is 7.39. The first-order chi connectivity index (χ1) is 11.2. The van der Waals surface area contributed by atoms with Gasteiger partial charge in [-0.05, 0) is 30.2 Å². The van der Waals surface area contributed by atoms with E-state index < -0.39 is 24.1 Å². The Morgan fingerprint density at radius 3 is 2.17 bits per heavy atom. The fourth-order valence-corrected chi connectivity index (χ4v) is 2.35. The fraction of sp³-hybridized carbons (Fsp3) is 0.278. The Labute approximate surface area is 138 Å². The van der Waals surface area contributed by atoms with Gasteiger partial charge in [0.1, 0.15) is 0 Å². The third kappa shape index (κ3) is 5.38. The van der Waals surface area contributed by atoms with Gasteiger partial charge in [-0.25, -0.2) is 0 Å². The Morgan fingerprint density at radius 2 is 1.62 bits per heavy atom. The molecule has 0 aromatic heterocycles. The van der Waals surface area contributed by atoms with Crippen LogP contribution in [0.2, 0.25) is 0 Å². The van der Waals surface area contributed by atoms with Crippen LogP contribution >= 0.6 is 0 Å². The number of amides is 1. The van der Waals surface area contributed by atoms with Gasteiger partial charge in [0.05, 0.1) is 18.4 Å². The number of hydrogen-bond donors (Lipinski definition) is 2. The van der Waals surface area contributed by atoms with E-state index >= 15 is 0 Å². The molecule has 0 saturated heterocycles. The lowest BCUT2D eigenvalue weighted by Gasteiger charge is -2.23. The van der Waals surface area contributed by atoms with Crippen LogP contribution in [0.5, 0.6) is 0 Å². The van der Waals surface area contributed by atoms with Crippen molar-refractivity contribution in [1.29, 1.82) is 0 Å². The van der Waals surface area contributed by atoms with Crippen molar-refractivity contribution in [1.82, 2.24) is 0 Å². The molecule has 0 radical (unpaired) electrons. The molecule has 128 valence electrons. The van der Waals surface area contributed by atoms with Crippen LogP contribution in [0.4, 0.5) is 18.9 Å². The molecule has 0 aliphatic carbocycles. The fourth-order valence-electron chi connectivity index (χ4n) is 2.35. The maximum absolute atomic E-state index is 12.3. The summed E-state index contributed by atoms with van der Waals surface area (Å²) in [5.74, 6) is -0.424. The number of carbonyl (C=O) groups excluding carboxylic acids is 1. The van der Waals surface area contributed by atoms with E-state index in [0.29, 0.717) is 11.3 Å². The monoisotopic (exact) mass is 337 g/mol. The zero-order chi connectivity index (χ0) is 17.8. The van der Waals surface area contributed by atoms with E-state index in [1.165, 1.54) is 31.2 Å². The predicted molar refractivity (Wildman–Crippen MR) is 85.5 cm³/mol. The van der Waals surface area contributed by atoms with Gasteiger partial charge in [-0.3, -0.25) is 4.79 Å². The molecule has 0 fully saturated rings. The number of carbonyl (C=O) groups is 1. The molecule has 3 nitrogen and oxygen atoms in total. The summed E-state index contributed by atoms with van der Waals surface area (Å²) in [4.78, 5) is 12.1. The molecule has 1 atom stereocenters. The molecule has 2 aromatic carbocycles. The first kappa shape index (κ1) is 18.0. The smallest absolute Gasteiger partial charge is 0.385 e. The zero-order valence-electron chi connectivity index (χ0n) is 13.1. The number of hydrogen-bond acceptors (Lipinski definition) is 2. The van der Waals surface area contributed by atoms with Gasteiger partial charge in [0.25, 0.3) is 0 Å². The van der Waals surface area contributed by atoms with E-state index in [9.17, 15) is 23.1 Å². The average molecular weight is 337 g/mol. The summed E-state index contributed by atoms with van der Waals surface area (Å²) in [6.45, 7) is 1.54. The van der Waals surface area contributed by atoms with Crippen LogP contribution in [0.1, 0.15) is 24.5 Å². The number of aliphatic hydroxyl groups is 1. The number of rotatable bonds is 5. The molecule has 0 bridgehead atoms. The van der Waals surface area contributed by atoms with E-state index in [4.69, 9.17) is 0 Å². The lowest BCUT2D eigenvalue weighted by Crippen LogP contribution is -2.28. The summed E-state index contributed by atoms with van der Waals surface area (Å²) in [6.07, 6.45) is -5.44. The van der Waals surface area contributed by atoms with Crippen LogP contribution < -0.4 is 5.32 Å². The zero-order valence-corrected chi connectivity index (χ0v) is 13.1. The van der Waals surface area contributed by atoms with Crippen LogP contribution in [-0.2, 0) is 16.8 Å². The van der Waals surface area contributed by atoms with Gasteiger partial charge in [0.15, 0.2) is 0 Å². The van der Waals surface area contributed by atoms with Gasteiger partial charge in [-0.2, -0.15) is 13.2 Å². The third-order valence-electron chi connectivity index (χ3n) is 3.54. The molecule has 1 amide bonds. The summed E-state index contributed by atoms with van der Waals surface area (Å²) in [7, 11) is 0. The second kappa shape index (κ2) is 7.05. The molecule has 6 heteroatoms. The van der Waals surface area contributed by atoms with Crippen molar-refractivity contribution in [3.63, 3.8) is 0 Å². The Hall–Kier alpha value is -2.34. The molecule has 0 aliphatic rings. The summed E-state index contributed by atoms with van der Waals surface area (Å²) in [5, 5.41) is 13.0. The lowest BCUT2D eigenvalue weighted by atomic mass is 9.92. The standard InChI is InChI=1S/C18H18F3NO2/c1-17(24,14-5-3-2-4-6-14)12-16(23)22-15-9-7-13(8-10-15)11-18(19,20)21/h2-10,24H,11-12H2,1H3,(H,22,23). The van der Waals surface area contributed by atoms with E-state index in [1.54, 1.807) is 24.3 Å². The number of anilines is 1. The quantitative estimate of drug-likeness (QED) is 0.865. The Morgan fingerprint density at radius 1 is 1.04 bits per heavy atom. The second-order valence-electron chi connectivity index (χ2n) is 5.85. The first-order valence-corrected chi connectivity index (χ1v) is 7.39. The van der Waals surface area contributed by atoms with Crippen molar-refractivity contribution >= 4 is 11.6 Å². The summed E-state index contributed by atoms with van der Waals surface area (Å²) in [5.41, 5.74) is -0.214. The molecule has 0 aliphatic heterocycles. The van der Waals surface area contributed by atoms with Crippen LogP contribution in [0.3, 0.4) is 0 Å². The Balaban J connectivity index is 1.97. The van der Waals surface area contributed by atoms with Crippen molar-refractivity contribution in [2.75, 3.05) is 5.32 Å². The van der Waals surface area contributed by atoms with E-state index in [1.807, 2.05) is 6.07 Å². The highest BCUT2D eigenvalue weighted by atomic mass is 19.4. The molecule has 0 saturated carbocycles. The van der Waals surface area contributed by atoms with Crippen molar-refractivity contribution in [3.05, 3.63) is 65.7 Å². The van der Waals surface area contributed by atoms with Crippen LogP contribution in [0.15, 0.2) is 54.6 Å². The minimum Gasteiger partial charge on any atom is -0.385 e. The highest BCUT2D eigenvalue weighted by Crippen LogP contribution is 2.25. The van der Waals surface area contributed by atoms with Gasteiger partial charge < -0.3 is 10.4 Å². The number of benzene rings is 2. The molecule has 1 unspecified atom stereocenters. The molecule has 24 heavy (non-hydrogen) atoms. The highest BCUT2D eigenvalue weighted by molar-refractivity contribution is 5.91. The maximum Gasteiger partial charge on any atom is 0.393 e. The predicted octanol–water partition coefficient (Wildman–Crippen LogP) is 4.03. The third-order valence-corrected chi connectivity index (χ3v) is 3.54. The van der Waals surface area contributed by atoms with E-state index in [2.05, 4.69) is 5.32 Å². The maximum atomic E-state index is 12.3. The van der Waals surface area contributed by atoms with Gasteiger partial charge >= 0.3 is 6.18 Å². The topological polar surface area (TPSA) is 49.3 Å². The number of alkyl halides is 3. The summed E-state index contributed by atoms with van der Waals surface area (Å²) >= 11 is 0. The van der Waals surface area contributed by atoms with Crippen LogP contribution in [0.25, 0.3) is 0 Å². The normalized spacial score (nSPS) is 14.0. The molecule has 0 spiro atoms. The SMILES string of the molecule is CC(O)(CC(=O)Nc1ccc(CC(F)(F)F)cc1)c1ccccc1. The summed E-state index contributed by atoms with van der Waals surface area (Å²) < 4.78 is 36.9. The number of nitrogens with one attached hydrogen (secondary N) is 1. The van der Waals surface area contributed by atoms with Crippen LogP contribution in [0, 0.1) is 0 Å². The second-order valence-corrected chi connectivity index (χ2v) is 5.85. The number of halogens is 3. The van der Waals surface area contributed by atoms with E-state index in [0.717, 1.165) is 0 Å². The Bertz CT molecular complexity index is 680. The average Bonchev–Trinajstić information content (AvgIpc) is 2.48. The molecule has 2 N–H and O–H groups in total. The van der Waals surface area contributed by atoms with Gasteiger partial charge in [0, 0.05) is 5.69 Å². The lowest BCUT2D eigenvalue weighted by molar-refractivity contribution is -0.127. The van der Waals surface area contributed by atoms with Crippen molar-refractivity contribution in [2.45, 2.75) is 31.5 Å². The van der Waals surface area contributed by atoms with Crippen LogP contribution in [-0.4, -0.2) is 17.2 Å². The van der Waals surface area contributed by atoms with Crippen molar-refractivity contribution in [2.24, 2.45) is 0 Å². The minimum absolute atomic E-state index is 0.122. The summed E-state index contributed by atoms with van der Waals surface area (Å²) in [6, 6.07) is 14.2. The largest absolute Gasteiger partial charge is 0.393 e. The molecular formula is C18H18F3NO2. The van der Waals surface area contributed by atoms with Gasteiger partial charge in [0.2, 0.25) is 5.91 Å². The molecular weight excluding hydrogens is 319 g/mol. The van der Waals surface area contributed by atoms with Gasteiger partial charge in [-0.1, -0.05) is 42.5 Å². The highest BCUT2D eigenvalue weighted by Gasteiger charge is 2.28. The minimum atomic E-state index is -4.26. The molecule has 2 rings (SSSR count). The molecule has 0 heterocycles. The van der Waals surface area contributed by atoms with Gasteiger partial charge in [-0.15, -0.1) is 0 Å². The Kier molecular flexibility index (Phi) is 5.29. The van der Waals surface area contributed by atoms with E-state index in [-0.39, 0.29) is 12.0 Å².